The Morgan fingerprint density at radius 3 is 2.71 bits per heavy atom. The number of hydrogen-bond donors (Lipinski definition) is 0. The number of carbonyl (C=O) groups is 1. The van der Waals surface area contributed by atoms with E-state index in [-0.39, 0.29) is 5.92 Å². The third-order valence-electron chi connectivity index (χ3n) is 3.31. The highest BCUT2D eigenvalue weighted by Crippen LogP contribution is 2.23. The average Bonchev–Trinajstić information content (AvgIpc) is 2.39. The number of nitrogens with zero attached hydrogens (tertiary/aromatic N) is 2. The first-order valence-corrected chi connectivity index (χ1v) is 5.97. The van der Waals surface area contributed by atoms with Crippen LogP contribution in [0, 0.1) is 5.92 Å². The first kappa shape index (κ1) is 11.9. The molecule has 1 aliphatic rings. The largest absolute Gasteiger partial charge is 0.481 e. The zero-order valence-electron chi connectivity index (χ0n) is 10.3. The molecule has 1 saturated heterocycles. The molecule has 4 nitrogen and oxygen atoms in total. The van der Waals surface area contributed by atoms with Gasteiger partial charge in [0.05, 0.1) is 7.11 Å². The van der Waals surface area contributed by atoms with E-state index in [0.29, 0.717) is 11.7 Å². The summed E-state index contributed by atoms with van der Waals surface area (Å²) in [6.07, 6.45) is 1.85. The maximum atomic E-state index is 11.3. The second-order valence-electron chi connectivity index (χ2n) is 4.41. The van der Waals surface area contributed by atoms with Crippen molar-refractivity contribution in [3.05, 3.63) is 18.2 Å². The molecule has 0 radical (unpaired) electrons. The number of hydrogen-bond acceptors (Lipinski definition) is 4. The molecule has 1 aliphatic heterocycles. The highest BCUT2D eigenvalue weighted by Gasteiger charge is 2.23. The van der Waals surface area contributed by atoms with Crippen molar-refractivity contribution in [1.29, 1.82) is 0 Å². The van der Waals surface area contributed by atoms with Crippen LogP contribution >= 0.6 is 0 Å². The lowest BCUT2D eigenvalue weighted by Gasteiger charge is -2.31. The number of aromatic nitrogens is 1. The lowest BCUT2D eigenvalue weighted by Crippen LogP contribution is -2.36. The molecule has 0 N–H and O–H groups in total. The molecular formula is C13H18N2O2. The standard InChI is InChI=1S/C13H18N2O2/c1-10(16)11-6-8-15(9-7-11)12-4-3-5-13(14-12)17-2/h3-5,11H,6-9H2,1-2H3. The summed E-state index contributed by atoms with van der Waals surface area (Å²) in [7, 11) is 1.62. The van der Waals surface area contributed by atoms with E-state index in [0.717, 1.165) is 31.7 Å². The van der Waals surface area contributed by atoms with Gasteiger partial charge in [-0.2, -0.15) is 4.98 Å². The number of ketones is 1. The summed E-state index contributed by atoms with van der Waals surface area (Å²) < 4.78 is 5.11. The van der Waals surface area contributed by atoms with E-state index in [2.05, 4.69) is 9.88 Å². The highest BCUT2D eigenvalue weighted by atomic mass is 16.5. The normalized spacial score (nSPS) is 16.9. The number of piperidine rings is 1. The quantitative estimate of drug-likeness (QED) is 0.801. The van der Waals surface area contributed by atoms with Gasteiger partial charge < -0.3 is 9.64 Å². The fourth-order valence-corrected chi connectivity index (χ4v) is 2.21. The fourth-order valence-electron chi connectivity index (χ4n) is 2.21. The summed E-state index contributed by atoms with van der Waals surface area (Å²) in [6, 6.07) is 5.76. The van der Waals surface area contributed by atoms with Crippen molar-refractivity contribution in [1.82, 2.24) is 4.98 Å². The molecule has 2 rings (SSSR count). The third kappa shape index (κ3) is 2.75. The number of carbonyl (C=O) groups excluding carboxylic acids is 1. The molecular weight excluding hydrogens is 216 g/mol. The van der Waals surface area contributed by atoms with Crippen LogP contribution < -0.4 is 9.64 Å². The molecule has 2 heterocycles. The Bertz CT molecular complexity index is 398. The second kappa shape index (κ2) is 5.17. The van der Waals surface area contributed by atoms with Gasteiger partial charge in [0.1, 0.15) is 11.6 Å². The number of pyridine rings is 1. The predicted molar refractivity (Wildman–Crippen MR) is 66.4 cm³/mol. The van der Waals surface area contributed by atoms with Gasteiger partial charge in [0, 0.05) is 25.1 Å². The molecule has 0 aliphatic carbocycles. The van der Waals surface area contributed by atoms with Crippen molar-refractivity contribution in [2.45, 2.75) is 19.8 Å². The minimum absolute atomic E-state index is 0.233. The van der Waals surface area contributed by atoms with Gasteiger partial charge in [-0.25, -0.2) is 0 Å². The maximum Gasteiger partial charge on any atom is 0.214 e. The number of Topliss-reactive ketones (excluding diaryl/α,β-unsaturated/α-hetero) is 1. The monoisotopic (exact) mass is 234 g/mol. The zero-order chi connectivity index (χ0) is 12.3. The SMILES string of the molecule is COc1cccc(N2CCC(C(C)=O)CC2)n1. The van der Waals surface area contributed by atoms with E-state index in [1.54, 1.807) is 14.0 Å². The smallest absolute Gasteiger partial charge is 0.214 e. The molecule has 0 amide bonds. The lowest BCUT2D eigenvalue weighted by molar-refractivity contribution is -0.121. The van der Waals surface area contributed by atoms with Gasteiger partial charge in [-0.05, 0) is 25.8 Å². The van der Waals surface area contributed by atoms with Crippen molar-refractivity contribution in [3.8, 4) is 5.88 Å². The molecule has 0 bridgehead atoms. The van der Waals surface area contributed by atoms with E-state index in [9.17, 15) is 4.79 Å². The molecule has 0 atom stereocenters. The Balaban J connectivity index is 2.02. The number of methoxy groups -OCH3 is 1. The van der Waals surface area contributed by atoms with Gasteiger partial charge in [-0.15, -0.1) is 0 Å². The summed E-state index contributed by atoms with van der Waals surface area (Å²) in [5, 5.41) is 0. The van der Waals surface area contributed by atoms with Crippen LogP contribution in [-0.4, -0.2) is 31.0 Å². The van der Waals surface area contributed by atoms with Crippen LogP contribution in [0.3, 0.4) is 0 Å². The van der Waals surface area contributed by atoms with E-state index in [4.69, 9.17) is 4.74 Å². The van der Waals surface area contributed by atoms with E-state index in [1.165, 1.54) is 0 Å². The van der Waals surface area contributed by atoms with Crippen LogP contribution in [0.5, 0.6) is 5.88 Å². The summed E-state index contributed by atoms with van der Waals surface area (Å²) in [6.45, 7) is 3.47. The molecule has 0 unspecified atom stereocenters. The van der Waals surface area contributed by atoms with Crippen LogP contribution in [0.2, 0.25) is 0 Å². The number of rotatable bonds is 3. The minimum Gasteiger partial charge on any atom is -0.481 e. The third-order valence-corrected chi connectivity index (χ3v) is 3.31. The topological polar surface area (TPSA) is 42.4 Å². The van der Waals surface area contributed by atoms with Gasteiger partial charge in [-0.3, -0.25) is 4.79 Å². The second-order valence-corrected chi connectivity index (χ2v) is 4.41. The number of anilines is 1. The minimum atomic E-state index is 0.233. The highest BCUT2D eigenvalue weighted by molar-refractivity contribution is 5.78. The van der Waals surface area contributed by atoms with Crippen molar-refractivity contribution < 1.29 is 9.53 Å². The summed E-state index contributed by atoms with van der Waals surface area (Å²) in [5.74, 6) is 2.11. The molecule has 1 fully saturated rings. The molecule has 0 spiro atoms. The Labute approximate surface area is 102 Å². The van der Waals surface area contributed by atoms with Crippen molar-refractivity contribution in [2.75, 3.05) is 25.1 Å². The Hall–Kier alpha value is -1.58. The average molecular weight is 234 g/mol. The fraction of sp³-hybridized carbons (Fsp3) is 0.538. The molecule has 0 aromatic carbocycles. The van der Waals surface area contributed by atoms with E-state index < -0.39 is 0 Å². The first-order valence-electron chi connectivity index (χ1n) is 5.97. The zero-order valence-corrected chi connectivity index (χ0v) is 10.3. The lowest BCUT2D eigenvalue weighted by atomic mass is 9.93. The molecule has 92 valence electrons. The Morgan fingerprint density at radius 2 is 2.12 bits per heavy atom. The molecule has 0 saturated carbocycles. The van der Waals surface area contributed by atoms with Gasteiger partial charge in [0.15, 0.2) is 0 Å². The van der Waals surface area contributed by atoms with E-state index >= 15 is 0 Å². The van der Waals surface area contributed by atoms with Crippen LogP contribution in [0.15, 0.2) is 18.2 Å². The molecule has 4 heteroatoms. The van der Waals surface area contributed by atoms with Gasteiger partial charge in [-0.1, -0.05) is 6.07 Å². The van der Waals surface area contributed by atoms with E-state index in [1.807, 2.05) is 18.2 Å². The van der Waals surface area contributed by atoms with Gasteiger partial charge >= 0.3 is 0 Å². The van der Waals surface area contributed by atoms with Crippen molar-refractivity contribution in [2.24, 2.45) is 5.92 Å². The van der Waals surface area contributed by atoms with Crippen LogP contribution in [-0.2, 0) is 4.79 Å². The van der Waals surface area contributed by atoms with Crippen LogP contribution in [0.25, 0.3) is 0 Å². The van der Waals surface area contributed by atoms with Crippen LogP contribution in [0.4, 0.5) is 5.82 Å². The molecule has 17 heavy (non-hydrogen) atoms. The summed E-state index contributed by atoms with van der Waals surface area (Å²) in [5.41, 5.74) is 0. The first-order chi connectivity index (χ1) is 8.20. The number of ether oxygens (including phenoxy) is 1. The maximum absolute atomic E-state index is 11.3. The van der Waals surface area contributed by atoms with Gasteiger partial charge in [0.2, 0.25) is 5.88 Å². The van der Waals surface area contributed by atoms with Gasteiger partial charge in [0.25, 0.3) is 0 Å². The molecule has 1 aromatic rings. The summed E-state index contributed by atoms with van der Waals surface area (Å²) in [4.78, 5) is 17.9. The molecule has 1 aromatic heterocycles. The van der Waals surface area contributed by atoms with Crippen molar-refractivity contribution in [3.63, 3.8) is 0 Å². The van der Waals surface area contributed by atoms with Crippen molar-refractivity contribution >= 4 is 11.6 Å². The Morgan fingerprint density at radius 1 is 1.41 bits per heavy atom. The predicted octanol–water partition coefficient (Wildman–Crippen LogP) is 1.90. The Kier molecular flexibility index (Phi) is 3.61. The summed E-state index contributed by atoms with van der Waals surface area (Å²) >= 11 is 0. The van der Waals surface area contributed by atoms with Crippen LogP contribution in [0.1, 0.15) is 19.8 Å².